The van der Waals surface area contributed by atoms with Crippen LogP contribution in [0.3, 0.4) is 0 Å². The maximum Gasteiger partial charge on any atom is 0.0191 e. The lowest BCUT2D eigenvalue weighted by Crippen LogP contribution is -2.42. The Morgan fingerprint density at radius 2 is 1.94 bits per heavy atom. The molecule has 100 valence electrons. The molecule has 2 fully saturated rings. The van der Waals surface area contributed by atoms with Gasteiger partial charge in [0.1, 0.15) is 0 Å². The van der Waals surface area contributed by atoms with Crippen LogP contribution in [0.4, 0.5) is 0 Å². The van der Waals surface area contributed by atoms with Crippen molar-refractivity contribution >= 4 is 24.4 Å². The van der Waals surface area contributed by atoms with E-state index in [0.29, 0.717) is 5.41 Å². The van der Waals surface area contributed by atoms with Crippen LogP contribution in [0, 0.1) is 5.41 Å². The third-order valence-corrected chi connectivity index (χ3v) is 6.43. The molecule has 1 saturated heterocycles. The molecule has 0 bridgehead atoms. The molecule has 1 heterocycles. The predicted molar refractivity (Wildman–Crippen MR) is 82.3 cm³/mol. The van der Waals surface area contributed by atoms with E-state index in [1.807, 2.05) is 0 Å². The van der Waals surface area contributed by atoms with E-state index in [-0.39, 0.29) is 0 Å². The van der Waals surface area contributed by atoms with Gasteiger partial charge in [0.15, 0.2) is 0 Å². The summed E-state index contributed by atoms with van der Waals surface area (Å²) in [7, 11) is 2.34. The summed E-state index contributed by atoms with van der Waals surface area (Å²) in [5, 5.41) is 0. The van der Waals surface area contributed by atoms with E-state index in [1.165, 1.54) is 63.0 Å². The molecular weight excluding hydrogens is 246 g/mol. The summed E-state index contributed by atoms with van der Waals surface area (Å²) in [6.45, 7) is 1.28. The highest BCUT2D eigenvalue weighted by Gasteiger charge is 2.33. The fourth-order valence-corrected chi connectivity index (χ4v) is 5.09. The summed E-state index contributed by atoms with van der Waals surface area (Å²) in [6.07, 6.45) is 9.93. The average Bonchev–Trinajstić information content (AvgIpc) is 2.78. The molecular formula is C14H27NS2. The normalized spacial score (nSPS) is 29.5. The van der Waals surface area contributed by atoms with Gasteiger partial charge in [0, 0.05) is 18.3 Å². The van der Waals surface area contributed by atoms with Gasteiger partial charge >= 0.3 is 0 Å². The van der Waals surface area contributed by atoms with Crippen LogP contribution in [0.15, 0.2) is 0 Å². The summed E-state index contributed by atoms with van der Waals surface area (Å²) in [5.41, 5.74) is 0.515. The number of hydrogen-bond acceptors (Lipinski definition) is 3. The molecule has 0 aromatic carbocycles. The molecule has 1 unspecified atom stereocenters. The van der Waals surface area contributed by atoms with Crippen LogP contribution in [-0.2, 0) is 0 Å². The van der Waals surface area contributed by atoms with E-state index >= 15 is 0 Å². The minimum atomic E-state index is 0.515. The van der Waals surface area contributed by atoms with E-state index in [1.54, 1.807) is 0 Å². The Balaban J connectivity index is 1.92. The summed E-state index contributed by atoms with van der Waals surface area (Å²) < 4.78 is 0. The molecule has 2 aliphatic rings. The Labute approximate surface area is 117 Å². The summed E-state index contributed by atoms with van der Waals surface area (Å²) in [5.74, 6) is 3.79. The number of thiol groups is 1. The van der Waals surface area contributed by atoms with Gasteiger partial charge in [-0.05, 0) is 43.2 Å². The molecule has 1 aliphatic carbocycles. The van der Waals surface area contributed by atoms with E-state index in [0.717, 1.165) is 11.8 Å². The van der Waals surface area contributed by atoms with Gasteiger partial charge in [0.05, 0.1) is 0 Å². The van der Waals surface area contributed by atoms with Crippen molar-refractivity contribution in [3.63, 3.8) is 0 Å². The van der Waals surface area contributed by atoms with Crippen LogP contribution in [-0.4, -0.2) is 41.8 Å². The molecule has 0 spiro atoms. The quantitative estimate of drug-likeness (QED) is 0.614. The maximum atomic E-state index is 4.68. The van der Waals surface area contributed by atoms with Crippen LogP contribution in [0.25, 0.3) is 0 Å². The molecule has 0 radical (unpaired) electrons. The molecule has 3 heteroatoms. The third-order valence-electron chi connectivity index (χ3n) is 4.61. The Hall–Kier alpha value is 0.660. The summed E-state index contributed by atoms with van der Waals surface area (Å²) in [6, 6.07) is 0.833. The van der Waals surface area contributed by atoms with Crippen LogP contribution < -0.4 is 0 Å². The Morgan fingerprint density at radius 1 is 1.24 bits per heavy atom. The smallest absolute Gasteiger partial charge is 0.0191 e. The van der Waals surface area contributed by atoms with Crippen LogP contribution >= 0.6 is 24.4 Å². The van der Waals surface area contributed by atoms with Crippen molar-refractivity contribution in [3.8, 4) is 0 Å². The monoisotopic (exact) mass is 273 g/mol. The Kier molecular flexibility index (Phi) is 5.56. The molecule has 0 aromatic heterocycles. The van der Waals surface area contributed by atoms with Crippen molar-refractivity contribution in [1.29, 1.82) is 0 Å². The van der Waals surface area contributed by atoms with Crippen LogP contribution in [0.2, 0.25) is 0 Å². The van der Waals surface area contributed by atoms with Gasteiger partial charge in [-0.1, -0.05) is 25.7 Å². The zero-order valence-electron chi connectivity index (χ0n) is 11.2. The second kappa shape index (κ2) is 6.72. The highest BCUT2D eigenvalue weighted by Crippen LogP contribution is 2.37. The molecule has 0 amide bonds. The minimum Gasteiger partial charge on any atom is -0.302 e. The van der Waals surface area contributed by atoms with Gasteiger partial charge < -0.3 is 4.90 Å². The van der Waals surface area contributed by atoms with Gasteiger partial charge in [-0.3, -0.25) is 0 Å². The second-order valence-corrected chi connectivity index (χ2v) is 7.47. The number of nitrogens with zero attached hydrogens (tertiary/aromatic N) is 1. The zero-order chi connectivity index (χ0) is 12.1. The van der Waals surface area contributed by atoms with Gasteiger partial charge in [-0.15, -0.1) is 0 Å². The van der Waals surface area contributed by atoms with Crippen molar-refractivity contribution < 1.29 is 0 Å². The molecule has 2 rings (SSSR count). The molecule has 0 N–H and O–H groups in total. The van der Waals surface area contributed by atoms with E-state index in [9.17, 15) is 0 Å². The number of hydrogen-bond donors (Lipinski definition) is 1. The van der Waals surface area contributed by atoms with Gasteiger partial charge in [-0.25, -0.2) is 0 Å². The SMILES string of the molecule is CN(CC1(CS)CCCCCC1)C1CCSC1. The van der Waals surface area contributed by atoms with Crippen molar-refractivity contribution in [2.24, 2.45) is 5.41 Å². The molecule has 1 aliphatic heterocycles. The van der Waals surface area contributed by atoms with Crippen LogP contribution in [0.1, 0.15) is 44.9 Å². The van der Waals surface area contributed by atoms with Crippen molar-refractivity contribution in [1.82, 2.24) is 4.90 Å². The van der Waals surface area contributed by atoms with E-state index < -0.39 is 0 Å². The third kappa shape index (κ3) is 3.81. The summed E-state index contributed by atoms with van der Waals surface area (Å²) >= 11 is 6.80. The maximum absolute atomic E-state index is 4.68. The molecule has 0 aromatic rings. The summed E-state index contributed by atoms with van der Waals surface area (Å²) in [4.78, 5) is 2.64. The van der Waals surface area contributed by atoms with E-state index in [4.69, 9.17) is 0 Å². The van der Waals surface area contributed by atoms with Crippen molar-refractivity contribution in [2.75, 3.05) is 30.9 Å². The average molecular weight is 274 g/mol. The van der Waals surface area contributed by atoms with Gasteiger partial charge in [-0.2, -0.15) is 24.4 Å². The fraction of sp³-hybridized carbons (Fsp3) is 1.00. The molecule has 17 heavy (non-hydrogen) atoms. The Morgan fingerprint density at radius 3 is 2.47 bits per heavy atom. The first-order valence-corrected chi connectivity index (χ1v) is 8.93. The second-order valence-electron chi connectivity index (χ2n) is 6.00. The molecule has 1 nitrogen and oxygen atoms in total. The highest BCUT2D eigenvalue weighted by atomic mass is 32.2. The standard InChI is InChI=1S/C14H27NS2/c1-15(13-6-9-17-10-13)11-14(12-16)7-4-2-3-5-8-14/h13,16H,2-12H2,1H3. The van der Waals surface area contributed by atoms with Gasteiger partial charge in [0.2, 0.25) is 0 Å². The topological polar surface area (TPSA) is 3.24 Å². The van der Waals surface area contributed by atoms with Crippen LogP contribution in [0.5, 0.6) is 0 Å². The lowest BCUT2D eigenvalue weighted by molar-refractivity contribution is 0.145. The van der Waals surface area contributed by atoms with Crippen molar-refractivity contribution in [3.05, 3.63) is 0 Å². The van der Waals surface area contributed by atoms with Crippen molar-refractivity contribution in [2.45, 2.75) is 51.0 Å². The highest BCUT2D eigenvalue weighted by molar-refractivity contribution is 7.99. The predicted octanol–water partition coefficient (Wildman–Crippen LogP) is 3.69. The fourth-order valence-electron chi connectivity index (χ4n) is 3.37. The zero-order valence-corrected chi connectivity index (χ0v) is 12.9. The Bertz CT molecular complexity index is 218. The first-order chi connectivity index (χ1) is 8.26. The lowest BCUT2D eigenvalue weighted by Gasteiger charge is -2.37. The molecule has 1 saturated carbocycles. The minimum absolute atomic E-state index is 0.515. The van der Waals surface area contributed by atoms with Gasteiger partial charge in [0.25, 0.3) is 0 Å². The lowest BCUT2D eigenvalue weighted by atomic mass is 9.81. The number of rotatable bonds is 4. The number of thioether (sulfide) groups is 1. The first-order valence-electron chi connectivity index (χ1n) is 7.15. The molecule has 1 atom stereocenters. The largest absolute Gasteiger partial charge is 0.302 e. The first kappa shape index (κ1) is 14.1. The van der Waals surface area contributed by atoms with E-state index in [2.05, 4.69) is 36.3 Å².